The minimum Gasteiger partial charge on any atom is -0.395 e. The lowest BCUT2D eigenvalue weighted by molar-refractivity contribution is 0.238. The predicted molar refractivity (Wildman–Crippen MR) is 59.5 cm³/mol. The number of aromatic nitrogens is 1. The van der Waals surface area contributed by atoms with Gasteiger partial charge in [0, 0.05) is 18.8 Å². The fourth-order valence-corrected chi connectivity index (χ4v) is 1.09. The molecule has 3 nitrogen and oxygen atoms in total. The number of rotatable bonds is 5. The van der Waals surface area contributed by atoms with Gasteiger partial charge in [0.2, 0.25) is 0 Å². The first kappa shape index (κ1) is 13.4. The summed E-state index contributed by atoms with van der Waals surface area (Å²) in [5, 5.41) is 12.1. The Bertz CT molecular complexity index is 227. The highest BCUT2D eigenvalue weighted by Crippen LogP contribution is 1.95. The lowest BCUT2D eigenvalue weighted by Gasteiger charge is -2.12. The van der Waals surface area contributed by atoms with E-state index in [1.807, 2.05) is 25.1 Å². The van der Waals surface area contributed by atoms with Gasteiger partial charge in [-0.05, 0) is 18.6 Å². The van der Waals surface area contributed by atoms with Gasteiger partial charge in [0.1, 0.15) is 0 Å². The molecular formula is C10H17ClN2O. The van der Waals surface area contributed by atoms with Crippen LogP contribution >= 0.6 is 12.4 Å². The standard InChI is InChI=1S/C10H16N2O.ClH/c1-2-9(8-13)12-7-10-5-3-4-6-11-10;/h3-6,9,12-13H,2,7-8H2,1H3;1H. The quantitative estimate of drug-likeness (QED) is 0.782. The predicted octanol–water partition coefficient (Wildman–Crippen LogP) is 1.36. The van der Waals surface area contributed by atoms with Gasteiger partial charge < -0.3 is 10.4 Å². The molecule has 0 bridgehead atoms. The van der Waals surface area contributed by atoms with Crippen molar-refractivity contribution in [3.05, 3.63) is 30.1 Å². The fourth-order valence-electron chi connectivity index (χ4n) is 1.09. The van der Waals surface area contributed by atoms with Crippen molar-refractivity contribution in [3.8, 4) is 0 Å². The van der Waals surface area contributed by atoms with Crippen LogP contribution in [-0.2, 0) is 6.54 Å². The highest BCUT2D eigenvalue weighted by molar-refractivity contribution is 5.85. The Balaban J connectivity index is 0.00000169. The molecule has 0 saturated carbocycles. The van der Waals surface area contributed by atoms with E-state index in [-0.39, 0.29) is 25.1 Å². The van der Waals surface area contributed by atoms with Gasteiger partial charge in [0.15, 0.2) is 0 Å². The molecule has 1 aromatic rings. The van der Waals surface area contributed by atoms with Crippen LogP contribution in [0.25, 0.3) is 0 Å². The van der Waals surface area contributed by atoms with E-state index >= 15 is 0 Å². The van der Waals surface area contributed by atoms with Gasteiger partial charge in [-0.1, -0.05) is 13.0 Å². The Labute approximate surface area is 91.0 Å². The van der Waals surface area contributed by atoms with Gasteiger partial charge in [-0.15, -0.1) is 12.4 Å². The topological polar surface area (TPSA) is 45.1 Å². The molecule has 0 radical (unpaired) electrons. The lowest BCUT2D eigenvalue weighted by Crippen LogP contribution is -2.31. The van der Waals surface area contributed by atoms with Crippen molar-refractivity contribution in [3.63, 3.8) is 0 Å². The third-order valence-corrected chi connectivity index (χ3v) is 2.01. The molecule has 0 spiro atoms. The molecule has 1 aromatic heterocycles. The van der Waals surface area contributed by atoms with Crippen molar-refractivity contribution >= 4 is 12.4 Å². The summed E-state index contributed by atoms with van der Waals surface area (Å²) in [6.45, 7) is 2.95. The number of pyridine rings is 1. The number of aliphatic hydroxyl groups excluding tert-OH is 1. The lowest BCUT2D eigenvalue weighted by atomic mass is 10.2. The van der Waals surface area contributed by atoms with Crippen LogP contribution < -0.4 is 5.32 Å². The van der Waals surface area contributed by atoms with Crippen LogP contribution in [0.1, 0.15) is 19.0 Å². The second-order valence-corrected chi connectivity index (χ2v) is 2.99. The van der Waals surface area contributed by atoms with Crippen LogP contribution in [0.15, 0.2) is 24.4 Å². The SMILES string of the molecule is CCC(CO)NCc1ccccn1.Cl. The van der Waals surface area contributed by atoms with Crippen molar-refractivity contribution in [2.24, 2.45) is 0 Å². The van der Waals surface area contributed by atoms with Gasteiger partial charge in [0.05, 0.1) is 12.3 Å². The molecule has 1 unspecified atom stereocenters. The van der Waals surface area contributed by atoms with Gasteiger partial charge in [-0.3, -0.25) is 4.98 Å². The number of nitrogens with zero attached hydrogens (tertiary/aromatic N) is 1. The summed E-state index contributed by atoms with van der Waals surface area (Å²) in [6.07, 6.45) is 2.71. The van der Waals surface area contributed by atoms with Gasteiger partial charge in [-0.25, -0.2) is 0 Å². The maximum Gasteiger partial charge on any atom is 0.0584 e. The van der Waals surface area contributed by atoms with Gasteiger partial charge >= 0.3 is 0 Å². The van der Waals surface area contributed by atoms with Crippen molar-refractivity contribution in [1.82, 2.24) is 10.3 Å². The largest absolute Gasteiger partial charge is 0.395 e. The van der Waals surface area contributed by atoms with Crippen LogP contribution in [0.3, 0.4) is 0 Å². The van der Waals surface area contributed by atoms with E-state index in [1.54, 1.807) is 6.20 Å². The third-order valence-electron chi connectivity index (χ3n) is 2.01. The van der Waals surface area contributed by atoms with E-state index < -0.39 is 0 Å². The van der Waals surface area contributed by atoms with Crippen LogP contribution in [0.5, 0.6) is 0 Å². The average molecular weight is 217 g/mol. The summed E-state index contributed by atoms with van der Waals surface area (Å²) in [4.78, 5) is 4.18. The smallest absolute Gasteiger partial charge is 0.0584 e. The van der Waals surface area contributed by atoms with Crippen LogP contribution in [0.4, 0.5) is 0 Å². The second kappa shape index (κ2) is 7.74. The van der Waals surface area contributed by atoms with Crippen LogP contribution in [-0.4, -0.2) is 22.7 Å². The molecule has 0 aliphatic heterocycles. The average Bonchev–Trinajstić information content (AvgIpc) is 2.21. The first-order valence-corrected chi connectivity index (χ1v) is 4.61. The number of aliphatic hydroxyl groups is 1. The minimum atomic E-state index is 0. The number of nitrogens with one attached hydrogen (secondary N) is 1. The van der Waals surface area contributed by atoms with Gasteiger partial charge in [-0.2, -0.15) is 0 Å². The maximum absolute atomic E-state index is 8.92. The molecule has 80 valence electrons. The molecule has 0 aliphatic carbocycles. The van der Waals surface area contributed by atoms with E-state index in [2.05, 4.69) is 10.3 Å². The Kier molecular flexibility index (Phi) is 7.38. The molecule has 1 rings (SSSR count). The summed E-state index contributed by atoms with van der Waals surface area (Å²) in [5.74, 6) is 0. The third kappa shape index (κ3) is 4.56. The molecule has 1 heterocycles. The van der Waals surface area contributed by atoms with Crippen molar-refractivity contribution in [1.29, 1.82) is 0 Å². The summed E-state index contributed by atoms with van der Waals surface area (Å²) in [6, 6.07) is 6.01. The molecule has 14 heavy (non-hydrogen) atoms. The zero-order valence-corrected chi connectivity index (χ0v) is 9.13. The highest BCUT2D eigenvalue weighted by atomic mass is 35.5. The van der Waals surface area contributed by atoms with Crippen molar-refractivity contribution in [2.45, 2.75) is 25.9 Å². The first-order chi connectivity index (χ1) is 6.36. The Morgan fingerprint density at radius 3 is 2.79 bits per heavy atom. The molecule has 2 N–H and O–H groups in total. The Morgan fingerprint density at radius 2 is 2.29 bits per heavy atom. The Morgan fingerprint density at radius 1 is 1.50 bits per heavy atom. The summed E-state index contributed by atoms with van der Waals surface area (Å²) >= 11 is 0. The summed E-state index contributed by atoms with van der Waals surface area (Å²) < 4.78 is 0. The maximum atomic E-state index is 8.92. The van der Waals surface area contributed by atoms with Crippen molar-refractivity contribution in [2.75, 3.05) is 6.61 Å². The number of hydrogen-bond acceptors (Lipinski definition) is 3. The fraction of sp³-hybridized carbons (Fsp3) is 0.500. The number of halogens is 1. The zero-order chi connectivity index (χ0) is 9.52. The molecular weight excluding hydrogens is 200 g/mol. The van der Waals surface area contributed by atoms with E-state index in [9.17, 15) is 0 Å². The second-order valence-electron chi connectivity index (χ2n) is 2.99. The molecule has 1 atom stereocenters. The first-order valence-electron chi connectivity index (χ1n) is 4.61. The molecule has 4 heteroatoms. The minimum absolute atomic E-state index is 0. The summed E-state index contributed by atoms with van der Waals surface area (Å²) in [7, 11) is 0. The molecule has 0 amide bonds. The van der Waals surface area contributed by atoms with Gasteiger partial charge in [0.25, 0.3) is 0 Å². The van der Waals surface area contributed by atoms with E-state index in [4.69, 9.17) is 5.11 Å². The van der Waals surface area contributed by atoms with E-state index in [1.165, 1.54) is 0 Å². The monoisotopic (exact) mass is 216 g/mol. The van der Waals surface area contributed by atoms with Crippen LogP contribution in [0.2, 0.25) is 0 Å². The van der Waals surface area contributed by atoms with E-state index in [0.29, 0.717) is 0 Å². The Hall–Kier alpha value is -0.640. The van der Waals surface area contributed by atoms with Crippen molar-refractivity contribution < 1.29 is 5.11 Å². The number of hydrogen-bond donors (Lipinski definition) is 2. The molecule has 0 saturated heterocycles. The molecule has 0 fully saturated rings. The highest BCUT2D eigenvalue weighted by Gasteiger charge is 2.02. The molecule has 0 aromatic carbocycles. The summed E-state index contributed by atoms with van der Waals surface area (Å²) in [5.41, 5.74) is 1.01. The normalized spacial score (nSPS) is 11.9. The molecule has 0 aliphatic rings. The zero-order valence-electron chi connectivity index (χ0n) is 8.31. The van der Waals surface area contributed by atoms with E-state index in [0.717, 1.165) is 18.7 Å². The van der Waals surface area contributed by atoms with Crippen LogP contribution in [0, 0.1) is 0 Å².